The van der Waals surface area contributed by atoms with Crippen LogP contribution in [0.15, 0.2) is 0 Å². The number of hydrogen-bond donors (Lipinski definition) is 1. The van der Waals surface area contributed by atoms with Crippen LogP contribution in [0.2, 0.25) is 0 Å². The lowest BCUT2D eigenvalue weighted by molar-refractivity contribution is 0.424. The summed E-state index contributed by atoms with van der Waals surface area (Å²) in [5, 5.41) is 0. The molecule has 0 aromatic rings. The van der Waals surface area contributed by atoms with E-state index in [2.05, 4.69) is 27.7 Å². The van der Waals surface area contributed by atoms with Gasteiger partial charge in [0, 0.05) is 6.04 Å². The molecular weight excluding hydrogens is 134 g/mol. The molecular formula is C10H21N. The van der Waals surface area contributed by atoms with E-state index < -0.39 is 0 Å². The minimum atomic E-state index is 0.440. The first kappa shape index (κ1) is 9.05. The number of nitrogens with two attached hydrogens (primary N) is 1. The lowest BCUT2D eigenvalue weighted by Crippen LogP contribution is -2.24. The molecule has 4 atom stereocenters. The summed E-state index contributed by atoms with van der Waals surface area (Å²) in [5.74, 6) is 1.64. The standard InChI is InChI=1S/C10H21N/c1-5-8(11)9-7(3)10(9,4)6-2/h7-9H,5-6,11H2,1-4H3. The van der Waals surface area contributed by atoms with Crippen LogP contribution in [0.5, 0.6) is 0 Å². The maximum Gasteiger partial charge on any atom is 0.00725 e. The van der Waals surface area contributed by atoms with Gasteiger partial charge in [-0.05, 0) is 23.7 Å². The molecule has 0 spiro atoms. The summed E-state index contributed by atoms with van der Waals surface area (Å²) in [6, 6.07) is 0.440. The van der Waals surface area contributed by atoms with Gasteiger partial charge in [0.25, 0.3) is 0 Å². The molecule has 0 aromatic heterocycles. The van der Waals surface area contributed by atoms with E-state index in [1.54, 1.807) is 0 Å². The van der Waals surface area contributed by atoms with Gasteiger partial charge in [-0.2, -0.15) is 0 Å². The maximum atomic E-state index is 6.02. The van der Waals surface area contributed by atoms with Crippen molar-refractivity contribution in [3.63, 3.8) is 0 Å². The summed E-state index contributed by atoms with van der Waals surface area (Å²) in [4.78, 5) is 0. The van der Waals surface area contributed by atoms with Crippen LogP contribution in [0.25, 0.3) is 0 Å². The van der Waals surface area contributed by atoms with Gasteiger partial charge in [-0.15, -0.1) is 0 Å². The van der Waals surface area contributed by atoms with Crippen molar-refractivity contribution in [2.75, 3.05) is 0 Å². The number of rotatable bonds is 3. The Bertz CT molecular complexity index is 140. The first-order chi connectivity index (χ1) is 5.07. The molecule has 4 unspecified atom stereocenters. The second-order valence-electron chi connectivity index (χ2n) is 4.25. The average molecular weight is 155 g/mol. The van der Waals surface area contributed by atoms with Gasteiger partial charge < -0.3 is 5.73 Å². The summed E-state index contributed by atoms with van der Waals surface area (Å²) in [7, 11) is 0. The Kier molecular flexibility index (Phi) is 2.29. The van der Waals surface area contributed by atoms with E-state index in [-0.39, 0.29) is 0 Å². The number of hydrogen-bond acceptors (Lipinski definition) is 1. The van der Waals surface area contributed by atoms with Crippen molar-refractivity contribution in [2.45, 2.75) is 46.6 Å². The molecule has 2 N–H and O–H groups in total. The molecule has 1 fully saturated rings. The molecule has 1 rings (SSSR count). The fourth-order valence-electron chi connectivity index (χ4n) is 2.51. The summed E-state index contributed by atoms with van der Waals surface area (Å²) < 4.78 is 0. The van der Waals surface area contributed by atoms with E-state index in [1.165, 1.54) is 6.42 Å². The van der Waals surface area contributed by atoms with Gasteiger partial charge in [0.05, 0.1) is 0 Å². The molecule has 0 bridgehead atoms. The zero-order valence-corrected chi connectivity index (χ0v) is 8.22. The zero-order chi connectivity index (χ0) is 8.65. The van der Waals surface area contributed by atoms with Crippen molar-refractivity contribution in [3.05, 3.63) is 0 Å². The second-order valence-corrected chi connectivity index (χ2v) is 4.25. The molecule has 0 aromatic carbocycles. The largest absolute Gasteiger partial charge is 0.327 e. The highest BCUT2D eigenvalue weighted by atomic mass is 14.8. The van der Waals surface area contributed by atoms with E-state index in [0.29, 0.717) is 11.5 Å². The Hall–Kier alpha value is -0.0400. The molecule has 1 nitrogen and oxygen atoms in total. The van der Waals surface area contributed by atoms with Crippen LogP contribution in [0.3, 0.4) is 0 Å². The Labute approximate surface area is 70.4 Å². The Balaban J connectivity index is 2.53. The van der Waals surface area contributed by atoms with Crippen LogP contribution in [-0.2, 0) is 0 Å². The normalized spacial score (nSPS) is 45.5. The predicted octanol–water partition coefficient (Wildman–Crippen LogP) is 2.41. The quantitative estimate of drug-likeness (QED) is 0.665. The van der Waals surface area contributed by atoms with E-state index in [1.807, 2.05) is 0 Å². The van der Waals surface area contributed by atoms with Crippen LogP contribution in [0.4, 0.5) is 0 Å². The first-order valence-electron chi connectivity index (χ1n) is 4.83. The van der Waals surface area contributed by atoms with E-state index in [9.17, 15) is 0 Å². The van der Waals surface area contributed by atoms with Gasteiger partial charge in [-0.3, -0.25) is 0 Å². The molecule has 1 aliphatic carbocycles. The van der Waals surface area contributed by atoms with Crippen LogP contribution in [0.1, 0.15) is 40.5 Å². The van der Waals surface area contributed by atoms with Gasteiger partial charge in [-0.1, -0.05) is 34.1 Å². The molecule has 1 heteroatoms. The highest BCUT2D eigenvalue weighted by Crippen LogP contribution is 2.61. The van der Waals surface area contributed by atoms with Crippen molar-refractivity contribution in [1.29, 1.82) is 0 Å². The lowest BCUT2D eigenvalue weighted by Gasteiger charge is -2.12. The van der Waals surface area contributed by atoms with Crippen molar-refractivity contribution >= 4 is 0 Å². The van der Waals surface area contributed by atoms with Crippen molar-refractivity contribution in [1.82, 2.24) is 0 Å². The van der Waals surface area contributed by atoms with E-state index >= 15 is 0 Å². The van der Waals surface area contributed by atoms with Gasteiger partial charge in [0.15, 0.2) is 0 Å². The highest BCUT2D eigenvalue weighted by Gasteiger charge is 2.58. The van der Waals surface area contributed by atoms with Gasteiger partial charge in [-0.25, -0.2) is 0 Å². The molecule has 11 heavy (non-hydrogen) atoms. The van der Waals surface area contributed by atoms with Crippen molar-refractivity contribution in [2.24, 2.45) is 23.0 Å². The molecule has 0 heterocycles. The predicted molar refractivity (Wildman–Crippen MR) is 49.3 cm³/mol. The molecule has 0 saturated heterocycles. The minimum absolute atomic E-state index is 0.440. The van der Waals surface area contributed by atoms with E-state index in [0.717, 1.165) is 18.3 Å². The second kappa shape index (κ2) is 2.78. The fourth-order valence-corrected chi connectivity index (χ4v) is 2.51. The third-order valence-electron chi connectivity index (χ3n) is 3.93. The van der Waals surface area contributed by atoms with Crippen LogP contribution >= 0.6 is 0 Å². The maximum absolute atomic E-state index is 6.02. The third-order valence-corrected chi connectivity index (χ3v) is 3.93. The molecule has 66 valence electrons. The van der Waals surface area contributed by atoms with E-state index in [4.69, 9.17) is 5.73 Å². The highest BCUT2D eigenvalue weighted by molar-refractivity contribution is 5.08. The third kappa shape index (κ3) is 1.20. The molecule has 0 radical (unpaired) electrons. The summed E-state index contributed by atoms with van der Waals surface area (Å²) in [6.07, 6.45) is 2.41. The fraction of sp³-hybridized carbons (Fsp3) is 1.00. The van der Waals surface area contributed by atoms with Gasteiger partial charge >= 0.3 is 0 Å². The average Bonchev–Trinajstić information content (AvgIpc) is 2.55. The SMILES string of the molecule is CCC(N)C1C(C)C1(C)CC. The van der Waals surface area contributed by atoms with Crippen molar-refractivity contribution in [3.8, 4) is 0 Å². The van der Waals surface area contributed by atoms with Gasteiger partial charge in [0.1, 0.15) is 0 Å². The summed E-state index contributed by atoms with van der Waals surface area (Å²) in [6.45, 7) is 9.17. The van der Waals surface area contributed by atoms with Crippen LogP contribution in [-0.4, -0.2) is 6.04 Å². The summed E-state index contributed by atoms with van der Waals surface area (Å²) in [5.41, 5.74) is 6.58. The van der Waals surface area contributed by atoms with Crippen molar-refractivity contribution < 1.29 is 0 Å². The minimum Gasteiger partial charge on any atom is -0.327 e. The monoisotopic (exact) mass is 155 g/mol. The van der Waals surface area contributed by atoms with Crippen LogP contribution in [0, 0.1) is 17.3 Å². The molecule has 1 aliphatic rings. The lowest BCUT2D eigenvalue weighted by atomic mass is 9.98. The first-order valence-corrected chi connectivity index (χ1v) is 4.83. The molecule has 0 aliphatic heterocycles. The summed E-state index contributed by atoms with van der Waals surface area (Å²) >= 11 is 0. The molecule has 0 amide bonds. The Morgan fingerprint density at radius 1 is 1.45 bits per heavy atom. The topological polar surface area (TPSA) is 26.0 Å². The molecule has 1 saturated carbocycles. The van der Waals surface area contributed by atoms with Gasteiger partial charge in [0.2, 0.25) is 0 Å². The Morgan fingerprint density at radius 3 is 2.27 bits per heavy atom. The Morgan fingerprint density at radius 2 is 2.00 bits per heavy atom. The smallest absolute Gasteiger partial charge is 0.00725 e. The zero-order valence-electron chi connectivity index (χ0n) is 8.22. The van der Waals surface area contributed by atoms with Crippen LogP contribution < -0.4 is 5.73 Å².